The van der Waals surface area contributed by atoms with Gasteiger partial charge in [-0.1, -0.05) is 18.0 Å². The van der Waals surface area contributed by atoms with Crippen LogP contribution in [0, 0.1) is 5.92 Å². The summed E-state index contributed by atoms with van der Waals surface area (Å²) in [5, 5.41) is 10.5. The molecule has 7 heteroatoms. The van der Waals surface area contributed by atoms with Crippen LogP contribution in [-0.2, 0) is 11.3 Å². The Morgan fingerprint density at radius 2 is 2.17 bits per heavy atom. The highest BCUT2D eigenvalue weighted by molar-refractivity contribution is 14.0. The predicted octanol–water partition coefficient (Wildman–Crippen LogP) is 3.33. The summed E-state index contributed by atoms with van der Waals surface area (Å²) in [6.07, 6.45) is 8.28. The lowest BCUT2D eigenvalue weighted by Gasteiger charge is -2.24. The minimum Gasteiger partial charge on any atom is -0.378 e. The minimum absolute atomic E-state index is 0. The topological polar surface area (TPSA) is 71.7 Å². The molecule has 6 nitrogen and oxygen atoms in total. The predicted molar refractivity (Wildman–Crippen MR) is 107 cm³/mol. The summed E-state index contributed by atoms with van der Waals surface area (Å²) in [4.78, 5) is 4.53. The average Bonchev–Trinajstić information content (AvgIpc) is 3.25. The lowest BCUT2D eigenvalue weighted by atomic mass is 9.98. The molecule has 0 bridgehead atoms. The molecular weight excluding hydrogens is 419 g/mol. The maximum absolute atomic E-state index is 5.96. The summed E-state index contributed by atoms with van der Waals surface area (Å²) in [5.41, 5.74) is 0.834. The molecule has 1 aromatic heterocycles. The van der Waals surface area contributed by atoms with Crippen molar-refractivity contribution < 1.29 is 9.26 Å². The van der Waals surface area contributed by atoms with E-state index in [-0.39, 0.29) is 24.0 Å². The van der Waals surface area contributed by atoms with Crippen LogP contribution in [0.3, 0.4) is 0 Å². The number of halogens is 1. The summed E-state index contributed by atoms with van der Waals surface area (Å²) in [7, 11) is 0. The van der Waals surface area contributed by atoms with Gasteiger partial charge in [-0.15, -0.1) is 24.0 Å². The molecule has 1 atom stereocenters. The van der Waals surface area contributed by atoms with Crippen molar-refractivity contribution in [1.29, 1.82) is 0 Å². The molecule has 1 unspecified atom stereocenters. The van der Waals surface area contributed by atoms with E-state index >= 15 is 0 Å². The van der Waals surface area contributed by atoms with E-state index in [0.717, 1.165) is 43.7 Å². The number of hydrogen-bond acceptors (Lipinski definition) is 4. The van der Waals surface area contributed by atoms with Crippen molar-refractivity contribution in [2.24, 2.45) is 10.9 Å². The third kappa shape index (κ3) is 7.38. The first-order valence-electron chi connectivity index (χ1n) is 8.86. The summed E-state index contributed by atoms with van der Waals surface area (Å²) in [5.74, 6) is 1.54. The molecule has 0 saturated heterocycles. The van der Waals surface area contributed by atoms with Gasteiger partial charge in [0.2, 0.25) is 0 Å². The molecule has 0 aromatic carbocycles. The van der Waals surface area contributed by atoms with Gasteiger partial charge in [-0.05, 0) is 39.0 Å². The highest BCUT2D eigenvalue weighted by atomic mass is 127. The largest absolute Gasteiger partial charge is 0.378 e. The first-order chi connectivity index (χ1) is 11.3. The molecule has 1 saturated carbocycles. The Kier molecular flexibility index (Phi) is 11.1. The van der Waals surface area contributed by atoms with Gasteiger partial charge in [0, 0.05) is 25.8 Å². The van der Waals surface area contributed by atoms with Crippen LogP contribution in [0.2, 0.25) is 0 Å². The summed E-state index contributed by atoms with van der Waals surface area (Å²) >= 11 is 0. The smallest absolute Gasteiger partial charge is 0.191 e. The Labute approximate surface area is 162 Å². The van der Waals surface area contributed by atoms with E-state index in [2.05, 4.69) is 34.6 Å². The normalized spacial score (nSPS) is 16.7. The number of hydrogen-bond donors (Lipinski definition) is 2. The van der Waals surface area contributed by atoms with Crippen molar-refractivity contribution in [3.05, 3.63) is 18.0 Å². The van der Waals surface area contributed by atoms with Gasteiger partial charge in [-0.3, -0.25) is 0 Å². The fourth-order valence-corrected chi connectivity index (χ4v) is 3.15. The molecule has 2 N–H and O–H groups in total. The zero-order valence-corrected chi connectivity index (χ0v) is 17.1. The molecule has 0 spiro atoms. The van der Waals surface area contributed by atoms with Crippen LogP contribution < -0.4 is 10.6 Å². The number of nitrogens with zero attached hydrogens (tertiary/aromatic N) is 2. The Morgan fingerprint density at radius 3 is 2.79 bits per heavy atom. The molecule has 24 heavy (non-hydrogen) atoms. The van der Waals surface area contributed by atoms with E-state index in [1.807, 2.05) is 6.07 Å². The van der Waals surface area contributed by atoms with Gasteiger partial charge >= 0.3 is 0 Å². The fourth-order valence-electron chi connectivity index (χ4n) is 3.15. The maximum atomic E-state index is 5.96. The molecule has 1 fully saturated rings. The van der Waals surface area contributed by atoms with Crippen LogP contribution >= 0.6 is 24.0 Å². The Morgan fingerprint density at radius 1 is 1.38 bits per heavy atom. The van der Waals surface area contributed by atoms with E-state index in [4.69, 9.17) is 9.26 Å². The van der Waals surface area contributed by atoms with Gasteiger partial charge < -0.3 is 19.9 Å². The number of rotatable bonds is 9. The molecule has 0 aliphatic heterocycles. The zero-order valence-electron chi connectivity index (χ0n) is 14.8. The van der Waals surface area contributed by atoms with Crippen molar-refractivity contribution >= 4 is 29.9 Å². The SMILES string of the molecule is CCNC(=NCc1ccon1)NCCC(OCC)C1CCCC1.I. The molecule has 1 heterocycles. The van der Waals surface area contributed by atoms with E-state index in [0.29, 0.717) is 12.6 Å². The van der Waals surface area contributed by atoms with Gasteiger partial charge in [-0.25, -0.2) is 4.99 Å². The number of ether oxygens (including phenoxy) is 1. The number of nitrogens with one attached hydrogen (secondary N) is 2. The molecule has 1 aliphatic rings. The lowest BCUT2D eigenvalue weighted by Crippen LogP contribution is -2.39. The maximum Gasteiger partial charge on any atom is 0.191 e. The lowest BCUT2D eigenvalue weighted by molar-refractivity contribution is 0.0169. The molecular formula is C17H31IN4O2. The van der Waals surface area contributed by atoms with Crippen LogP contribution in [0.5, 0.6) is 0 Å². The van der Waals surface area contributed by atoms with Crippen LogP contribution in [0.4, 0.5) is 0 Å². The highest BCUT2D eigenvalue weighted by Crippen LogP contribution is 2.30. The second-order valence-electron chi connectivity index (χ2n) is 5.94. The first-order valence-corrected chi connectivity index (χ1v) is 8.86. The van der Waals surface area contributed by atoms with E-state index in [1.54, 1.807) is 6.26 Å². The van der Waals surface area contributed by atoms with Crippen LogP contribution in [0.1, 0.15) is 51.6 Å². The zero-order chi connectivity index (χ0) is 16.3. The molecule has 2 rings (SSSR count). The Hall–Kier alpha value is -0.830. The summed E-state index contributed by atoms with van der Waals surface area (Å²) in [6, 6.07) is 1.83. The van der Waals surface area contributed by atoms with E-state index < -0.39 is 0 Å². The third-order valence-electron chi connectivity index (χ3n) is 4.26. The quantitative estimate of drug-likeness (QED) is 0.343. The van der Waals surface area contributed by atoms with Gasteiger partial charge in [0.15, 0.2) is 5.96 Å². The molecule has 0 amide bonds. The second-order valence-corrected chi connectivity index (χ2v) is 5.94. The van der Waals surface area contributed by atoms with Crippen molar-refractivity contribution in [1.82, 2.24) is 15.8 Å². The number of guanidine groups is 1. The molecule has 1 aromatic rings. The first kappa shape index (κ1) is 21.2. The number of aliphatic imine (C=N–C) groups is 1. The molecule has 138 valence electrons. The Bertz CT molecular complexity index is 447. The summed E-state index contributed by atoms with van der Waals surface area (Å²) in [6.45, 7) is 7.16. The second kappa shape index (κ2) is 12.5. The average molecular weight is 450 g/mol. The van der Waals surface area contributed by atoms with Crippen molar-refractivity contribution in [2.75, 3.05) is 19.7 Å². The van der Waals surface area contributed by atoms with E-state index in [9.17, 15) is 0 Å². The van der Waals surface area contributed by atoms with Crippen LogP contribution in [0.25, 0.3) is 0 Å². The summed E-state index contributed by atoms with van der Waals surface area (Å²) < 4.78 is 10.8. The van der Waals surface area contributed by atoms with Gasteiger partial charge in [0.05, 0.1) is 12.6 Å². The van der Waals surface area contributed by atoms with Crippen molar-refractivity contribution in [3.8, 4) is 0 Å². The fraction of sp³-hybridized carbons (Fsp3) is 0.765. The van der Waals surface area contributed by atoms with Crippen molar-refractivity contribution in [2.45, 2.75) is 58.6 Å². The van der Waals surface area contributed by atoms with Gasteiger partial charge in [-0.2, -0.15) is 0 Å². The van der Waals surface area contributed by atoms with E-state index in [1.165, 1.54) is 25.7 Å². The van der Waals surface area contributed by atoms with Crippen molar-refractivity contribution in [3.63, 3.8) is 0 Å². The third-order valence-corrected chi connectivity index (χ3v) is 4.26. The van der Waals surface area contributed by atoms with Gasteiger partial charge in [0.1, 0.15) is 12.0 Å². The standard InChI is InChI=1S/C17H30N4O2.HI/c1-3-18-17(20-13-15-10-12-23-21-15)19-11-9-16(22-4-2)14-7-5-6-8-14;/h10,12,14,16H,3-9,11,13H2,1-2H3,(H2,18,19,20);1H. The van der Waals surface area contributed by atoms with Gasteiger partial charge in [0.25, 0.3) is 0 Å². The van der Waals surface area contributed by atoms with Crippen LogP contribution in [-0.4, -0.2) is 36.9 Å². The number of aromatic nitrogens is 1. The molecule has 0 radical (unpaired) electrons. The minimum atomic E-state index is 0. The Balaban J connectivity index is 0.00000288. The van der Waals surface area contributed by atoms with Crippen LogP contribution in [0.15, 0.2) is 21.8 Å². The highest BCUT2D eigenvalue weighted by Gasteiger charge is 2.25. The molecule has 1 aliphatic carbocycles. The monoisotopic (exact) mass is 450 g/mol.